The van der Waals surface area contributed by atoms with E-state index in [4.69, 9.17) is 9.47 Å². The van der Waals surface area contributed by atoms with E-state index in [9.17, 15) is 19.2 Å². The molecule has 2 rings (SSSR count). The molecule has 0 radical (unpaired) electrons. The summed E-state index contributed by atoms with van der Waals surface area (Å²) < 4.78 is 15.1. The predicted molar refractivity (Wildman–Crippen MR) is 121 cm³/mol. The number of esters is 2. The molecule has 0 saturated heterocycles. The Hall–Kier alpha value is -3.88. The number of carbonyl (C=O) groups excluding carboxylic acids is 4. The van der Waals surface area contributed by atoms with Gasteiger partial charge in [0.05, 0.1) is 19.3 Å². The van der Waals surface area contributed by atoms with Gasteiger partial charge in [0.25, 0.3) is 11.8 Å². The maximum atomic E-state index is 12.5. The van der Waals surface area contributed by atoms with Crippen molar-refractivity contribution in [1.82, 2.24) is 5.32 Å². The Bertz CT molecular complexity index is 987. The molecular weight excluding hydrogens is 428 g/mol. The average molecular weight is 456 g/mol. The second kappa shape index (κ2) is 12.2. The first-order chi connectivity index (χ1) is 15.7. The van der Waals surface area contributed by atoms with Crippen molar-refractivity contribution in [2.24, 2.45) is 5.92 Å². The molecule has 2 aromatic carbocycles. The van der Waals surface area contributed by atoms with Crippen LogP contribution in [0.3, 0.4) is 0 Å². The fourth-order valence-corrected chi connectivity index (χ4v) is 2.86. The highest BCUT2D eigenvalue weighted by Crippen LogP contribution is 2.14. The van der Waals surface area contributed by atoms with Crippen LogP contribution in [0.5, 0.6) is 5.75 Å². The number of amides is 2. The molecule has 0 aliphatic carbocycles. The summed E-state index contributed by atoms with van der Waals surface area (Å²) in [4.78, 5) is 48.9. The zero-order valence-electron chi connectivity index (χ0n) is 19.0. The van der Waals surface area contributed by atoms with E-state index >= 15 is 0 Å². The molecule has 0 saturated carbocycles. The number of nitrogens with one attached hydrogen (secondary N) is 2. The van der Waals surface area contributed by atoms with Crippen LogP contribution in [0.1, 0.15) is 41.5 Å². The normalized spacial score (nSPS) is 11.3. The van der Waals surface area contributed by atoms with E-state index in [1.54, 1.807) is 56.3 Å². The molecule has 1 atom stereocenters. The first-order valence-electron chi connectivity index (χ1n) is 10.4. The number of hydrogen-bond acceptors (Lipinski definition) is 7. The highest BCUT2D eigenvalue weighted by molar-refractivity contribution is 5.98. The molecule has 9 nitrogen and oxygen atoms in total. The summed E-state index contributed by atoms with van der Waals surface area (Å²) >= 11 is 0. The molecule has 0 aliphatic rings. The van der Waals surface area contributed by atoms with Gasteiger partial charge in [0.15, 0.2) is 6.61 Å². The fraction of sp³-hybridized carbons (Fsp3) is 0.333. The first-order valence-corrected chi connectivity index (χ1v) is 10.4. The number of ether oxygens (including phenoxy) is 3. The zero-order valence-corrected chi connectivity index (χ0v) is 19.0. The minimum atomic E-state index is -0.945. The molecule has 0 fully saturated rings. The minimum absolute atomic E-state index is 0.268. The smallest absolute Gasteiger partial charge is 0.337 e. The number of methoxy groups -OCH3 is 1. The van der Waals surface area contributed by atoms with Gasteiger partial charge in [-0.25, -0.2) is 9.59 Å². The van der Waals surface area contributed by atoms with Gasteiger partial charge in [-0.15, -0.1) is 0 Å². The molecule has 9 heteroatoms. The summed E-state index contributed by atoms with van der Waals surface area (Å²) in [5, 5.41) is 5.19. The van der Waals surface area contributed by atoms with Crippen LogP contribution in [0.15, 0.2) is 48.5 Å². The van der Waals surface area contributed by atoms with Crippen LogP contribution in [0.25, 0.3) is 0 Å². The second-order valence-corrected chi connectivity index (χ2v) is 7.38. The summed E-state index contributed by atoms with van der Waals surface area (Å²) in [7, 11) is 1.26. The van der Waals surface area contributed by atoms with Crippen molar-refractivity contribution in [1.29, 1.82) is 0 Å². The highest BCUT2D eigenvalue weighted by atomic mass is 16.5. The maximum absolute atomic E-state index is 12.5. The van der Waals surface area contributed by atoms with Gasteiger partial charge in [-0.05, 0) is 55.3 Å². The first kappa shape index (κ1) is 25.4. The predicted octanol–water partition coefficient (Wildman–Crippen LogP) is 2.81. The lowest BCUT2D eigenvalue weighted by Crippen LogP contribution is -2.45. The lowest BCUT2D eigenvalue weighted by atomic mass is 10.0. The molecule has 0 spiro atoms. The zero-order chi connectivity index (χ0) is 24.4. The molecule has 33 heavy (non-hydrogen) atoms. The standard InChI is InChI=1S/C24H28N2O7/c1-5-32-19-11-9-16(10-12-19)22(28)26-21(15(2)3)24(30)33-14-20(27)25-18-8-6-7-17(13-18)23(29)31-4/h6-13,15,21H,5,14H2,1-4H3,(H,25,27)(H,26,28)/t21-/m0/s1. The summed E-state index contributed by atoms with van der Waals surface area (Å²) in [6.07, 6.45) is 0. The largest absolute Gasteiger partial charge is 0.494 e. The molecule has 2 amide bonds. The van der Waals surface area contributed by atoms with E-state index in [0.717, 1.165) is 0 Å². The van der Waals surface area contributed by atoms with Crippen LogP contribution in [-0.4, -0.2) is 50.1 Å². The summed E-state index contributed by atoms with van der Waals surface area (Å²) in [5.41, 5.74) is 0.979. The third-order valence-electron chi connectivity index (χ3n) is 4.55. The number of anilines is 1. The second-order valence-electron chi connectivity index (χ2n) is 7.38. The average Bonchev–Trinajstić information content (AvgIpc) is 2.81. The Labute approximate surface area is 192 Å². The van der Waals surface area contributed by atoms with Gasteiger partial charge in [-0.1, -0.05) is 19.9 Å². The molecule has 0 heterocycles. The van der Waals surface area contributed by atoms with Crippen LogP contribution < -0.4 is 15.4 Å². The Balaban J connectivity index is 1.93. The monoisotopic (exact) mass is 456 g/mol. The highest BCUT2D eigenvalue weighted by Gasteiger charge is 2.27. The Morgan fingerprint density at radius 1 is 0.970 bits per heavy atom. The van der Waals surface area contributed by atoms with E-state index < -0.39 is 36.4 Å². The van der Waals surface area contributed by atoms with Crippen molar-refractivity contribution in [3.05, 3.63) is 59.7 Å². The van der Waals surface area contributed by atoms with Gasteiger partial charge in [-0.2, -0.15) is 0 Å². The van der Waals surface area contributed by atoms with Crippen molar-refractivity contribution in [2.45, 2.75) is 26.8 Å². The third kappa shape index (κ3) is 7.64. The minimum Gasteiger partial charge on any atom is -0.494 e. The van der Waals surface area contributed by atoms with E-state index in [0.29, 0.717) is 23.6 Å². The lowest BCUT2D eigenvalue weighted by molar-refractivity contribution is -0.150. The van der Waals surface area contributed by atoms with Crippen LogP contribution in [-0.2, 0) is 19.1 Å². The number of hydrogen-bond donors (Lipinski definition) is 2. The topological polar surface area (TPSA) is 120 Å². The van der Waals surface area contributed by atoms with Crippen molar-refractivity contribution in [3.63, 3.8) is 0 Å². The molecule has 2 aromatic rings. The summed E-state index contributed by atoms with van der Waals surface area (Å²) in [5.74, 6) is -1.95. The molecule has 176 valence electrons. The summed E-state index contributed by atoms with van der Waals surface area (Å²) in [6.45, 7) is 5.32. The van der Waals surface area contributed by atoms with Crippen molar-refractivity contribution >= 4 is 29.4 Å². The van der Waals surface area contributed by atoms with E-state index in [1.165, 1.54) is 13.2 Å². The van der Waals surface area contributed by atoms with Gasteiger partial charge in [0, 0.05) is 11.3 Å². The third-order valence-corrected chi connectivity index (χ3v) is 4.55. The van der Waals surface area contributed by atoms with E-state index in [1.807, 2.05) is 6.92 Å². The van der Waals surface area contributed by atoms with Crippen molar-refractivity contribution in [2.75, 3.05) is 25.6 Å². The van der Waals surface area contributed by atoms with Crippen molar-refractivity contribution in [3.8, 4) is 5.75 Å². The van der Waals surface area contributed by atoms with Gasteiger partial charge in [-0.3, -0.25) is 9.59 Å². The Kier molecular flexibility index (Phi) is 9.41. The molecule has 0 aliphatic heterocycles. The van der Waals surface area contributed by atoms with Gasteiger partial charge in [0.1, 0.15) is 11.8 Å². The SMILES string of the molecule is CCOc1ccc(C(=O)N[C@H](C(=O)OCC(=O)Nc2cccc(C(=O)OC)c2)C(C)C)cc1. The van der Waals surface area contributed by atoms with Crippen LogP contribution in [0.4, 0.5) is 5.69 Å². The van der Waals surface area contributed by atoms with Crippen LogP contribution >= 0.6 is 0 Å². The quantitative estimate of drug-likeness (QED) is 0.528. The summed E-state index contributed by atoms with van der Waals surface area (Å²) in [6, 6.07) is 11.7. The maximum Gasteiger partial charge on any atom is 0.337 e. The molecule has 2 N–H and O–H groups in total. The molecule has 0 bridgehead atoms. The molecule has 0 unspecified atom stereocenters. The van der Waals surface area contributed by atoms with Crippen molar-refractivity contribution < 1.29 is 33.4 Å². The fourth-order valence-electron chi connectivity index (χ4n) is 2.86. The van der Waals surface area contributed by atoms with E-state index in [2.05, 4.69) is 15.4 Å². The van der Waals surface area contributed by atoms with Gasteiger partial charge < -0.3 is 24.8 Å². The van der Waals surface area contributed by atoms with E-state index in [-0.39, 0.29) is 11.5 Å². The number of rotatable bonds is 10. The van der Waals surface area contributed by atoms with Crippen LogP contribution in [0, 0.1) is 5.92 Å². The molecule has 0 aromatic heterocycles. The number of benzene rings is 2. The number of carbonyl (C=O) groups is 4. The lowest BCUT2D eigenvalue weighted by Gasteiger charge is -2.21. The Morgan fingerprint density at radius 2 is 1.67 bits per heavy atom. The van der Waals surface area contributed by atoms with Gasteiger partial charge >= 0.3 is 11.9 Å². The van der Waals surface area contributed by atoms with Crippen LogP contribution in [0.2, 0.25) is 0 Å². The van der Waals surface area contributed by atoms with Gasteiger partial charge in [0.2, 0.25) is 0 Å². The Morgan fingerprint density at radius 3 is 2.27 bits per heavy atom. The molecular formula is C24H28N2O7.